The highest BCUT2D eigenvalue weighted by atomic mass is 14.6. The fourth-order valence-electron chi connectivity index (χ4n) is 1.51. The summed E-state index contributed by atoms with van der Waals surface area (Å²) in [5.41, 5.74) is 12.2. The second-order valence-electron chi connectivity index (χ2n) is 3.64. The Hall–Kier alpha value is -0.500. The zero-order valence-electron chi connectivity index (χ0n) is 9.05. The number of rotatable bonds is 7. The maximum Gasteiger partial charge on any atom is 0.0126 e. The van der Waals surface area contributed by atoms with E-state index in [2.05, 4.69) is 13.8 Å². The summed E-state index contributed by atoms with van der Waals surface area (Å²) in [6.07, 6.45) is 8.05. The van der Waals surface area contributed by atoms with Crippen LogP contribution in [0, 0.1) is 5.92 Å². The lowest BCUT2D eigenvalue weighted by atomic mass is 9.94. The van der Waals surface area contributed by atoms with Crippen molar-refractivity contribution in [3.63, 3.8) is 0 Å². The Bertz CT molecular complexity index is 141. The summed E-state index contributed by atoms with van der Waals surface area (Å²) in [7, 11) is 0. The van der Waals surface area contributed by atoms with Crippen LogP contribution >= 0.6 is 0 Å². The normalized spacial score (nSPS) is 14.5. The molecule has 78 valence electrons. The topological polar surface area (TPSA) is 52.0 Å². The lowest BCUT2D eigenvalue weighted by Gasteiger charge is -2.14. The van der Waals surface area contributed by atoms with Gasteiger partial charge in [0, 0.05) is 12.2 Å². The first-order valence-electron chi connectivity index (χ1n) is 5.39. The Morgan fingerprint density at radius 3 is 2.54 bits per heavy atom. The number of allylic oxidation sites excluding steroid dienone is 1. The zero-order chi connectivity index (χ0) is 10.1. The van der Waals surface area contributed by atoms with Crippen LogP contribution in [0.3, 0.4) is 0 Å². The molecular formula is C11H24N2. The van der Waals surface area contributed by atoms with Gasteiger partial charge in [0.05, 0.1) is 0 Å². The van der Waals surface area contributed by atoms with Gasteiger partial charge >= 0.3 is 0 Å². The smallest absolute Gasteiger partial charge is 0.0126 e. The summed E-state index contributed by atoms with van der Waals surface area (Å²) in [4.78, 5) is 0. The molecule has 0 aromatic rings. The Labute approximate surface area is 82.4 Å². The molecule has 0 saturated heterocycles. The number of hydrogen-bond acceptors (Lipinski definition) is 2. The highest BCUT2D eigenvalue weighted by Gasteiger charge is 2.06. The van der Waals surface area contributed by atoms with Crippen LogP contribution in [0.2, 0.25) is 0 Å². The van der Waals surface area contributed by atoms with Crippen LogP contribution in [0.4, 0.5) is 0 Å². The van der Waals surface area contributed by atoms with E-state index in [1.165, 1.54) is 25.7 Å². The van der Waals surface area contributed by atoms with E-state index >= 15 is 0 Å². The molecule has 0 fully saturated rings. The molecule has 0 amide bonds. The maximum atomic E-state index is 5.81. The average Bonchev–Trinajstić information content (AvgIpc) is 2.12. The molecule has 1 unspecified atom stereocenters. The predicted octanol–water partition coefficient (Wildman–Crippen LogP) is 2.39. The van der Waals surface area contributed by atoms with Crippen molar-refractivity contribution in [2.45, 2.75) is 46.0 Å². The van der Waals surface area contributed by atoms with Gasteiger partial charge in [0.15, 0.2) is 0 Å². The quantitative estimate of drug-likeness (QED) is 0.638. The average molecular weight is 184 g/mol. The summed E-state index contributed by atoms with van der Waals surface area (Å²) in [5.74, 6) is 0.753. The third-order valence-electron chi connectivity index (χ3n) is 2.45. The van der Waals surface area contributed by atoms with Gasteiger partial charge in [0.2, 0.25) is 0 Å². The summed E-state index contributed by atoms with van der Waals surface area (Å²) >= 11 is 0. The Balaban J connectivity index is 3.75. The molecule has 4 N–H and O–H groups in total. The van der Waals surface area contributed by atoms with Gasteiger partial charge in [-0.25, -0.2) is 0 Å². The zero-order valence-corrected chi connectivity index (χ0v) is 9.05. The molecular weight excluding hydrogens is 160 g/mol. The van der Waals surface area contributed by atoms with Crippen LogP contribution < -0.4 is 11.5 Å². The molecule has 2 nitrogen and oxygen atoms in total. The minimum atomic E-state index is 0.566. The summed E-state index contributed by atoms with van der Waals surface area (Å²) < 4.78 is 0. The molecule has 1 atom stereocenters. The first-order valence-corrected chi connectivity index (χ1v) is 5.39. The molecule has 0 aromatic heterocycles. The number of unbranched alkanes of at least 4 members (excludes halogenated alkanes) is 1. The van der Waals surface area contributed by atoms with E-state index in [-0.39, 0.29) is 0 Å². The van der Waals surface area contributed by atoms with Gasteiger partial charge in [-0.2, -0.15) is 0 Å². The fraction of sp³-hybridized carbons (Fsp3) is 0.818. The monoisotopic (exact) mass is 184 g/mol. The second kappa shape index (κ2) is 8.11. The van der Waals surface area contributed by atoms with Crippen LogP contribution in [-0.4, -0.2) is 6.54 Å². The molecule has 2 heteroatoms. The first kappa shape index (κ1) is 12.5. The molecule has 0 rings (SSSR count). The van der Waals surface area contributed by atoms with Gasteiger partial charge in [-0.1, -0.05) is 45.6 Å². The lowest BCUT2D eigenvalue weighted by molar-refractivity contribution is 0.446. The molecule has 0 spiro atoms. The van der Waals surface area contributed by atoms with Gasteiger partial charge < -0.3 is 11.5 Å². The van der Waals surface area contributed by atoms with Gasteiger partial charge in [-0.05, 0) is 12.3 Å². The van der Waals surface area contributed by atoms with E-state index in [1.807, 2.05) is 6.08 Å². The molecule has 0 aromatic carbocycles. The summed E-state index contributed by atoms with van der Waals surface area (Å²) in [5, 5.41) is 0. The SMILES string of the molecule is CCCCC(CC)CC(N)=CCN. The van der Waals surface area contributed by atoms with Crippen molar-refractivity contribution in [3.8, 4) is 0 Å². The number of nitrogens with two attached hydrogens (primary N) is 2. The van der Waals surface area contributed by atoms with Crippen molar-refractivity contribution in [2.24, 2.45) is 17.4 Å². The van der Waals surface area contributed by atoms with Crippen LogP contribution in [-0.2, 0) is 0 Å². The Kier molecular flexibility index (Phi) is 7.80. The summed E-state index contributed by atoms with van der Waals surface area (Å²) in [6.45, 7) is 5.03. The third-order valence-corrected chi connectivity index (χ3v) is 2.45. The van der Waals surface area contributed by atoms with Gasteiger partial charge in [0.1, 0.15) is 0 Å². The van der Waals surface area contributed by atoms with Crippen LogP contribution in [0.25, 0.3) is 0 Å². The van der Waals surface area contributed by atoms with E-state index < -0.39 is 0 Å². The third kappa shape index (κ3) is 6.64. The van der Waals surface area contributed by atoms with E-state index in [0.29, 0.717) is 6.54 Å². The molecule has 0 aliphatic carbocycles. The summed E-state index contributed by atoms with van der Waals surface area (Å²) in [6, 6.07) is 0. The minimum Gasteiger partial charge on any atom is -0.402 e. The van der Waals surface area contributed by atoms with Crippen LogP contribution in [0.5, 0.6) is 0 Å². The largest absolute Gasteiger partial charge is 0.402 e. The molecule has 0 radical (unpaired) electrons. The van der Waals surface area contributed by atoms with E-state index in [1.54, 1.807) is 0 Å². The van der Waals surface area contributed by atoms with Gasteiger partial charge in [-0.15, -0.1) is 0 Å². The highest BCUT2D eigenvalue weighted by molar-refractivity contribution is 4.98. The Morgan fingerprint density at radius 2 is 2.08 bits per heavy atom. The van der Waals surface area contributed by atoms with E-state index in [4.69, 9.17) is 11.5 Å². The number of hydrogen-bond donors (Lipinski definition) is 2. The molecule has 0 bridgehead atoms. The van der Waals surface area contributed by atoms with Crippen LogP contribution in [0.1, 0.15) is 46.0 Å². The van der Waals surface area contributed by atoms with Crippen molar-refractivity contribution in [1.29, 1.82) is 0 Å². The highest BCUT2D eigenvalue weighted by Crippen LogP contribution is 2.18. The lowest BCUT2D eigenvalue weighted by Crippen LogP contribution is -2.09. The minimum absolute atomic E-state index is 0.566. The van der Waals surface area contributed by atoms with Gasteiger partial charge in [-0.3, -0.25) is 0 Å². The molecule has 0 saturated carbocycles. The van der Waals surface area contributed by atoms with Crippen molar-refractivity contribution in [3.05, 3.63) is 11.8 Å². The predicted molar refractivity (Wildman–Crippen MR) is 59.2 cm³/mol. The van der Waals surface area contributed by atoms with Crippen molar-refractivity contribution in [1.82, 2.24) is 0 Å². The standard InChI is InChI=1S/C11H24N2/c1-3-5-6-10(4-2)9-11(13)7-8-12/h7,10H,3-6,8-9,12-13H2,1-2H3. The molecule has 0 aliphatic heterocycles. The molecule has 0 aliphatic rings. The first-order chi connectivity index (χ1) is 6.24. The van der Waals surface area contributed by atoms with E-state index in [9.17, 15) is 0 Å². The van der Waals surface area contributed by atoms with Gasteiger partial charge in [0.25, 0.3) is 0 Å². The molecule has 13 heavy (non-hydrogen) atoms. The van der Waals surface area contributed by atoms with Crippen molar-refractivity contribution in [2.75, 3.05) is 6.54 Å². The van der Waals surface area contributed by atoms with Crippen LogP contribution in [0.15, 0.2) is 11.8 Å². The van der Waals surface area contributed by atoms with E-state index in [0.717, 1.165) is 18.0 Å². The molecule has 0 heterocycles. The van der Waals surface area contributed by atoms with Crippen molar-refractivity contribution >= 4 is 0 Å². The second-order valence-corrected chi connectivity index (χ2v) is 3.64. The fourth-order valence-corrected chi connectivity index (χ4v) is 1.51. The maximum absolute atomic E-state index is 5.81. The van der Waals surface area contributed by atoms with Crippen molar-refractivity contribution < 1.29 is 0 Å². The Morgan fingerprint density at radius 1 is 1.38 bits per heavy atom.